The molecule has 0 saturated carbocycles. The molecule has 0 unspecified atom stereocenters. The van der Waals surface area contributed by atoms with Crippen LogP contribution in [0.2, 0.25) is 5.02 Å². The minimum atomic E-state index is -0.518. The number of hydrogen-bond acceptors (Lipinski definition) is 5. The predicted molar refractivity (Wildman–Crippen MR) is 81.5 cm³/mol. The molecule has 0 fully saturated rings. The van der Waals surface area contributed by atoms with Crippen LogP contribution >= 0.6 is 11.6 Å². The van der Waals surface area contributed by atoms with Crippen molar-refractivity contribution in [3.8, 4) is 5.75 Å². The van der Waals surface area contributed by atoms with E-state index in [0.717, 1.165) is 0 Å². The molecule has 0 aliphatic carbocycles. The zero-order valence-corrected chi connectivity index (χ0v) is 12.7. The number of carbonyl (C=O) groups is 2. The summed E-state index contributed by atoms with van der Waals surface area (Å²) in [6.45, 7) is 0. The van der Waals surface area contributed by atoms with E-state index in [9.17, 15) is 9.59 Å². The Kier molecular flexibility index (Phi) is 4.95. The number of carbonyl (C=O) groups excluding carboxylic acids is 2. The summed E-state index contributed by atoms with van der Waals surface area (Å²) >= 11 is 5.90. The van der Waals surface area contributed by atoms with E-state index < -0.39 is 11.9 Å². The number of methoxy groups -OCH3 is 2. The van der Waals surface area contributed by atoms with Crippen LogP contribution in [0.4, 0.5) is 5.69 Å². The Morgan fingerprint density at radius 3 is 2.55 bits per heavy atom. The first-order valence-electron chi connectivity index (χ1n) is 6.24. The van der Waals surface area contributed by atoms with Crippen molar-refractivity contribution in [2.24, 2.45) is 0 Å². The third-order valence-corrected chi connectivity index (χ3v) is 3.06. The van der Waals surface area contributed by atoms with Gasteiger partial charge in [-0.05, 0) is 30.3 Å². The summed E-state index contributed by atoms with van der Waals surface area (Å²) in [5, 5.41) is 3.12. The summed E-state index contributed by atoms with van der Waals surface area (Å²) in [5.74, 6) is -0.489. The van der Waals surface area contributed by atoms with Crippen LogP contribution in [-0.4, -0.2) is 31.1 Å². The molecule has 0 aliphatic rings. The molecular formula is C15H13ClN2O4. The van der Waals surface area contributed by atoms with Gasteiger partial charge in [-0.2, -0.15) is 0 Å². The number of anilines is 1. The molecule has 7 heteroatoms. The standard InChI is InChI=1S/C15H13ClN2O4/c1-21-13-6-4-10(16)7-12(13)18-14(19)11-5-3-9(8-17-11)15(20)22-2/h3-8H,1-2H3,(H,18,19). The van der Waals surface area contributed by atoms with Gasteiger partial charge in [0.05, 0.1) is 25.5 Å². The second kappa shape index (κ2) is 6.91. The van der Waals surface area contributed by atoms with Crippen molar-refractivity contribution in [1.29, 1.82) is 0 Å². The van der Waals surface area contributed by atoms with E-state index >= 15 is 0 Å². The Morgan fingerprint density at radius 1 is 1.18 bits per heavy atom. The highest BCUT2D eigenvalue weighted by atomic mass is 35.5. The Hall–Kier alpha value is -2.60. The first kappa shape index (κ1) is 15.8. The summed E-state index contributed by atoms with van der Waals surface area (Å²) in [6, 6.07) is 7.76. The first-order valence-corrected chi connectivity index (χ1v) is 6.62. The van der Waals surface area contributed by atoms with Crippen LogP contribution in [0.15, 0.2) is 36.5 Å². The lowest BCUT2D eigenvalue weighted by atomic mass is 10.2. The Balaban J connectivity index is 2.19. The molecule has 22 heavy (non-hydrogen) atoms. The van der Waals surface area contributed by atoms with Crippen molar-refractivity contribution >= 4 is 29.2 Å². The van der Waals surface area contributed by atoms with E-state index in [1.165, 1.54) is 32.5 Å². The SMILES string of the molecule is COC(=O)c1ccc(C(=O)Nc2cc(Cl)ccc2OC)nc1. The second-order valence-corrected chi connectivity index (χ2v) is 4.66. The van der Waals surface area contributed by atoms with Crippen molar-refractivity contribution in [3.05, 3.63) is 52.8 Å². The Morgan fingerprint density at radius 2 is 1.95 bits per heavy atom. The van der Waals surface area contributed by atoms with Crippen LogP contribution in [0.5, 0.6) is 5.75 Å². The Bertz CT molecular complexity index is 701. The van der Waals surface area contributed by atoms with Crippen LogP contribution in [0.25, 0.3) is 0 Å². The average molecular weight is 321 g/mol. The fraction of sp³-hybridized carbons (Fsp3) is 0.133. The molecule has 1 aromatic heterocycles. The van der Waals surface area contributed by atoms with E-state index in [0.29, 0.717) is 16.5 Å². The Labute approximate surface area is 132 Å². The number of nitrogens with one attached hydrogen (secondary N) is 1. The topological polar surface area (TPSA) is 77.5 Å². The van der Waals surface area contributed by atoms with E-state index in [-0.39, 0.29) is 11.3 Å². The first-order chi connectivity index (χ1) is 10.5. The van der Waals surface area contributed by atoms with Crippen molar-refractivity contribution < 1.29 is 19.1 Å². The van der Waals surface area contributed by atoms with Crippen molar-refractivity contribution in [1.82, 2.24) is 4.98 Å². The van der Waals surface area contributed by atoms with Gasteiger partial charge in [0, 0.05) is 11.2 Å². The van der Waals surface area contributed by atoms with Crippen LogP contribution in [-0.2, 0) is 4.74 Å². The van der Waals surface area contributed by atoms with E-state index in [4.69, 9.17) is 16.3 Å². The second-order valence-electron chi connectivity index (χ2n) is 4.22. The summed E-state index contributed by atoms with van der Waals surface area (Å²) in [4.78, 5) is 27.4. The van der Waals surface area contributed by atoms with Gasteiger partial charge in [-0.25, -0.2) is 4.79 Å². The van der Waals surface area contributed by atoms with Crippen LogP contribution < -0.4 is 10.1 Å². The van der Waals surface area contributed by atoms with Gasteiger partial charge in [-0.1, -0.05) is 11.6 Å². The minimum absolute atomic E-state index is 0.148. The van der Waals surface area contributed by atoms with Gasteiger partial charge >= 0.3 is 5.97 Å². The number of halogens is 1. The third-order valence-electron chi connectivity index (χ3n) is 2.83. The maximum Gasteiger partial charge on any atom is 0.339 e. The summed E-state index contributed by atoms with van der Waals surface area (Å²) in [6.07, 6.45) is 1.27. The van der Waals surface area contributed by atoms with Crippen LogP contribution in [0.1, 0.15) is 20.8 Å². The van der Waals surface area contributed by atoms with E-state index in [1.54, 1.807) is 18.2 Å². The molecule has 0 aliphatic heterocycles. The number of nitrogens with zero attached hydrogens (tertiary/aromatic N) is 1. The number of esters is 1. The molecule has 1 aromatic carbocycles. The van der Waals surface area contributed by atoms with E-state index in [1.807, 2.05) is 0 Å². The van der Waals surface area contributed by atoms with Crippen molar-refractivity contribution in [2.75, 3.05) is 19.5 Å². The molecule has 114 valence electrons. The fourth-order valence-corrected chi connectivity index (χ4v) is 1.90. The highest BCUT2D eigenvalue weighted by molar-refractivity contribution is 6.31. The molecule has 0 atom stereocenters. The molecule has 0 bridgehead atoms. The lowest BCUT2D eigenvalue weighted by Gasteiger charge is -2.10. The number of aromatic nitrogens is 1. The molecular weight excluding hydrogens is 308 g/mol. The number of pyridine rings is 1. The summed E-state index contributed by atoms with van der Waals surface area (Å²) in [5.41, 5.74) is 0.841. The monoisotopic (exact) mass is 320 g/mol. The van der Waals surface area contributed by atoms with Crippen LogP contribution in [0.3, 0.4) is 0 Å². The fourth-order valence-electron chi connectivity index (χ4n) is 1.73. The predicted octanol–water partition coefficient (Wildman–Crippen LogP) is 2.78. The molecule has 2 rings (SSSR count). The van der Waals surface area contributed by atoms with Gasteiger partial charge < -0.3 is 14.8 Å². The van der Waals surface area contributed by atoms with Gasteiger partial charge in [0.15, 0.2) is 0 Å². The third kappa shape index (κ3) is 3.53. The summed E-state index contributed by atoms with van der Waals surface area (Å²) < 4.78 is 9.71. The number of benzene rings is 1. The number of amides is 1. The summed E-state index contributed by atoms with van der Waals surface area (Å²) in [7, 11) is 2.76. The van der Waals surface area contributed by atoms with Gasteiger partial charge in [-0.15, -0.1) is 0 Å². The highest BCUT2D eigenvalue weighted by Crippen LogP contribution is 2.27. The molecule has 6 nitrogen and oxygen atoms in total. The van der Waals surface area contributed by atoms with Crippen molar-refractivity contribution in [3.63, 3.8) is 0 Å². The number of rotatable bonds is 4. The molecule has 2 aromatic rings. The zero-order valence-electron chi connectivity index (χ0n) is 11.9. The maximum atomic E-state index is 12.2. The van der Waals surface area contributed by atoms with Crippen molar-refractivity contribution in [2.45, 2.75) is 0 Å². The molecule has 0 saturated heterocycles. The molecule has 1 N–H and O–H groups in total. The minimum Gasteiger partial charge on any atom is -0.495 e. The van der Waals surface area contributed by atoms with Gasteiger partial charge in [0.1, 0.15) is 11.4 Å². The number of ether oxygens (including phenoxy) is 2. The smallest absolute Gasteiger partial charge is 0.339 e. The average Bonchev–Trinajstić information content (AvgIpc) is 2.54. The lowest BCUT2D eigenvalue weighted by Crippen LogP contribution is -2.15. The zero-order chi connectivity index (χ0) is 16.1. The van der Waals surface area contributed by atoms with Crippen LogP contribution in [0, 0.1) is 0 Å². The quantitative estimate of drug-likeness (QED) is 0.876. The lowest BCUT2D eigenvalue weighted by molar-refractivity contribution is 0.0600. The van der Waals surface area contributed by atoms with Gasteiger partial charge in [-0.3, -0.25) is 9.78 Å². The van der Waals surface area contributed by atoms with E-state index in [2.05, 4.69) is 15.0 Å². The largest absolute Gasteiger partial charge is 0.495 e. The number of hydrogen-bond donors (Lipinski definition) is 1. The molecule has 1 heterocycles. The molecule has 0 radical (unpaired) electrons. The van der Waals surface area contributed by atoms with Gasteiger partial charge in [0.25, 0.3) is 5.91 Å². The highest BCUT2D eigenvalue weighted by Gasteiger charge is 2.13. The maximum absolute atomic E-state index is 12.2. The van der Waals surface area contributed by atoms with Gasteiger partial charge in [0.2, 0.25) is 0 Å². The molecule has 1 amide bonds. The normalized spacial score (nSPS) is 9.95. The molecule has 0 spiro atoms.